The van der Waals surface area contributed by atoms with E-state index in [9.17, 15) is 8.78 Å². The van der Waals surface area contributed by atoms with E-state index in [4.69, 9.17) is 22.1 Å². The lowest BCUT2D eigenvalue weighted by Crippen LogP contribution is -2.03. The van der Waals surface area contributed by atoms with Crippen molar-refractivity contribution in [2.24, 2.45) is 5.73 Å². The largest absolute Gasteiger partial charge is 0.487 e. The third-order valence-electron chi connectivity index (χ3n) is 2.62. The van der Waals surface area contributed by atoms with Gasteiger partial charge in [-0.1, -0.05) is 17.7 Å². The quantitative estimate of drug-likeness (QED) is 0.929. The van der Waals surface area contributed by atoms with Gasteiger partial charge in [-0.3, -0.25) is 0 Å². The summed E-state index contributed by atoms with van der Waals surface area (Å²) in [5.74, 6) is -0.523. The first kappa shape index (κ1) is 13.8. The highest BCUT2D eigenvalue weighted by Gasteiger charge is 2.07. The van der Waals surface area contributed by atoms with Crippen molar-refractivity contribution in [2.45, 2.75) is 13.2 Å². The standard InChI is InChI=1S/C14H12ClF2NO/c15-12-6-11(16)2-4-14(12)19-8-10-5-9(7-18)1-3-13(10)17/h1-6H,7-8,18H2. The van der Waals surface area contributed by atoms with Gasteiger partial charge < -0.3 is 10.5 Å². The van der Waals surface area contributed by atoms with Crippen molar-refractivity contribution in [2.75, 3.05) is 0 Å². The van der Waals surface area contributed by atoms with Crippen LogP contribution < -0.4 is 10.5 Å². The summed E-state index contributed by atoms with van der Waals surface area (Å²) in [6, 6.07) is 8.36. The third-order valence-corrected chi connectivity index (χ3v) is 2.92. The number of hydrogen-bond acceptors (Lipinski definition) is 2. The molecule has 0 bridgehead atoms. The number of benzene rings is 2. The molecular weight excluding hydrogens is 272 g/mol. The molecule has 5 heteroatoms. The lowest BCUT2D eigenvalue weighted by Gasteiger charge is -2.10. The molecule has 100 valence electrons. The minimum absolute atomic E-state index is 0.00499. The Morgan fingerprint density at radius 3 is 2.58 bits per heavy atom. The summed E-state index contributed by atoms with van der Waals surface area (Å²) < 4.78 is 31.8. The topological polar surface area (TPSA) is 35.2 Å². The Balaban J connectivity index is 2.14. The van der Waals surface area contributed by atoms with E-state index in [1.54, 1.807) is 12.1 Å². The van der Waals surface area contributed by atoms with Crippen LogP contribution in [-0.4, -0.2) is 0 Å². The molecule has 0 unspecified atom stereocenters. The molecule has 0 aliphatic carbocycles. The van der Waals surface area contributed by atoms with Crippen LogP contribution >= 0.6 is 11.6 Å². The van der Waals surface area contributed by atoms with Crippen molar-refractivity contribution in [1.29, 1.82) is 0 Å². The lowest BCUT2D eigenvalue weighted by molar-refractivity contribution is 0.299. The van der Waals surface area contributed by atoms with Crippen molar-refractivity contribution in [3.8, 4) is 5.75 Å². The Kier molecular flexibility index (Phi) is 4.35. The summed E-state index contributed by atoms with van der Waals surface area (Å²) in [4.78, 5) is 0. The van der Waals surface area contributed by atoms with Crippen LogP contribution in [0.15, 0.2) is 36.4 Å². The Labute approximate surface area is 114 Å². The van der Waals surface area contributed by atoms with Crippen LogP contribution in [0.3, 0.4) is 0 Å². The molecule has 0 radical (unpaired) electrons. The Bertz CT molecular complexity index is 590. The maximum atomic E-state index is 13.6. The van der Waals surface area contributed by atoms with Crippen LogP contribution in [0.2, 0.25) is 5.02 Å². The zero-order valence-corrected chi connectivity index (χ0v) is 10.8. The number of hydrogen-bond donors (Lipinski definition) is 1. The first-order valence-electron chi connectivity index (χ1n) is 5.65. The molecule has 2 N–H and O–H groups in total. The van der Waals surface area contributed by atoms with Gasteiger partial charge in [-0.25, -0.2) is 8.78 Å². The van der Waals surface area contributed by atoms with Crippen LogP contribution in [0.1, 0.15) is 11.1 Å². The Morgan fingerprint density at radius 1 is 1.11 bits per heavy atom. The van der Waals surface area contributed by atoms with Crippen molar-refractivity contribution in [1.82, 2.24) is 0 Å². The van der Waals surface area contributed by atoms with Crippen molar-refractivity contribution < 1.29 is 13.5 Å². The predicted octanol–water partition coefficient (Wildman–Crippen LogP) is 3.66. The van der Waals surface area contributed by atoms with Gasteiger partial charge in [0, 0.05) is 12.1 Å². The second-order valence-electron chi connectivity index (χ2n) is 3.99. The molecule has 0 atom stereocenters. The summed E-state index contributed by atoms with van der Waals surface area (Å²) in [6.45, 7) is 0.329. The van der Waals surface area contributed by atoms with E-state index < -0.39 is 5.82 Å². The number of halogens is 3. The van der Waals surface area contributed by atoms with E-state index in [-0.39, 0.29) is 17.4 Å². The van der Waals surface area contributed by atoms with Crippen molar-refractivity contribution in [3.05, 3.63) is 64.2 Å². The van der Waals surface area contributed by atoms with Crippen LogP contribution in [0.25, 0.3) is 0 Å². The molecule has 19 heavy (non-hydrogen) atoms. The number of nitrogens with two attached hydrogens (primary N) is 1. The predicted molar refractivity (Wildman–Crippen MR) is 70.0 cm³/mol. The number of rotatable bonds is 4. The summed E-state index contributed by atoms with van der Waals surface area (Å²) in [5.41, 5.74) is 6.68. The molecule has 2 rings (SSSR count). The van der Waals surface area contributed by atoms with E-state index >= 15 is 0 Å². The highest BCUT2D eigenvalue weighted by Crippen LogP contribution is 2.26. The van der Waals surface area contributed by atoms with Gasteiger partial charge in [0.1, 0.15) is 24.0 Å². The third kappa shape index (κ3) is 3.43. The maximum Gasteiger partial charge on any atom is 0.138 e. The molecule has 2 nitrogen and oxygen atoms in total. The molecule has 0 saturated heterocycles. The van der Waals surface area contributed by atoms with Crippen LogP contribution in [0, 0.1) is 11.6 Å². The molecule has 0 fully saturated rings. The fourth-order valence-corrected chi connectivity index (χ4v) is 1.84. The highest BCUT2D eigenvalue weighted by molar-refractivity contribution is 6.32. The molecule has 0 spiro atoms. The summed E-state index contributed by atoms with van der Waals surface area (Å²) >= 11 is 5.82. The fraction of sp³-hybridized carbons (Fsp3) is 0.143. The minimum Gasteiger partial charge on any atom is -0.487 e. The van der Waals surface area contributed by atoms with Gasteiger partial charge >= 0.3 is 0 Å². The van der Waals surface area contributed by atoms with Crippen LogP contribution in [0.4, 0.5) is 8.78 Å². The molecule has 0 aliphatic heterocycles. The van der Waals surface area contributed by atoms with Crippen molar-refractivity contribution in [3.63, 3.8) is 0 Å². The first-order valence-corrected chi connectivity index (χ1v) is 6.03. The molecule has 0 aliphatic rings. The molecule has 2 aromatic carbocycles. The van der Waals surface area contributed by atoms with Gasteiger partial charge in [-0.05, 0) is 35.9 Å². The zero-order chi connectivity index (χ0) is 13.8. The average molecular weight is 284 g/mol. The number of ether oxygens (including phenoxy) is 1. The van der Waals surface area contributed by atoms with Gasteiger partial charge in [0.05, 0.1) is 5.02 Å². The normalized spacial score (nSPS) is 10.5. The monoisotopic (exact) mass is 283 g/mol. The fourth-order valence-electron chi connectivity index (χ4n) is 1.61. The van der Waals surface area contributed by atoms with E-state index in [0.717, 1.165) is 11.6 Å². The first-order chi connectivity index (χ1) is 9.10. The minimum atomic E-state index is -0.450. The van der Waals surface area contributed by atoms with Crippen LogP contribution in [0.5, 0.6) is 5.75 Å². The SMILES string of the molecule is NCc1ccc(F)c(COc2ccc(F)cc2Cl)c1. The second-order valence-corrected chi connectivity index (χ2v) is 4.40. The highest BCUT2D eigenvalue weighted by atomic mass is 35.5. The van der Waals surface area contributed by atoms with Crippen LogP contribution in [-0.2, 0) is 13.2 Å². The van der Waals surface area contributed by atoms with Gasteiger partial charge in [-0.15, -0.1) is 0 Å². The summed E-state index contributed by atoms with van der Waals surface area (Å²) in [6.07, 6.45) is 0. The maximum absolute atomic E-state index is 13.6. The van der Waals surface area contributed by atoms with Gasteiger partial charge in [0.2, 0.25) is 0 Å². The van der Waals surface area contributed by atoms with E-state index in [1.165, 1.54) is 18.2 Å². The van der Waals surface area contributed by atoms with Crippen molar-refractivity contribution >= 4 is 11.6 Å². The van der Waals surface area contributed by atoms with Gasteiger partial charge in [-0.2, -0.15) is 0 Å². The molecule has 0 aromatic heterocycles. The van der Waals surface area contributed by atoms with E-state index in [1.807, 2.05) is 0 Å². The Morgan fingerprint density at radius 2 is 1.89 bits per heavy atom. The molecule has 0 amide bonds. The molecule has 0 saturated carbocycles. The smallest absolute Gasteiger partial charge is 0.138 e. The summed E-state index contributed by atoms with van der Waals surface area (Å²) in [7, 11) is 0. The van der Waals surface area contributed by atoms with Gasteiger partial charge in [0.15, 0.2) is 0 Å². The Hall–Kier alpha value is -1.65. The average Bonchev–Trinajstić information content (AvgIpc) is 2.39. The second kappa shape index (κ2) is 5.99. The zero-order valence-electron chi connectivity index (χ0n) is 10.00. The van der Waals surface area contributed by atoms with Gasteiger partial charge in [0.25, 0.3) is 0 Å². The molecular formula is C14H12ClF2NO. The lowest BCUT2D eigenvalue weighted by atomic mass is 10.1. The molecule has 0 heterocycles. The summed E-state index contributed by atoms with van der Waals surface area (Å²) in [5, 5.41) is 0.149. The molecule has 2 aromatic rings. The van der Waals surface area contributed by atoms with E-state index in [2.05, 4.69) is 0 Å². The van der Waals surface area contributed by atoms with E-state index in [0.29, 0.717) is 17.9 Å².